The molecule has 3 amide bonds. The number of thiophene rings is 1. The second-order valence-electron chi connectivity index (χ2n) is 8.21. The fraction of sp³-hybridized carbons (Fsp3) is 0.391. The van der Waals surface area contributed by atoms with Gasteiger partial charge in [-0.25, -0.2) is 4.79 Å². The summed E-state index contributed by atoms with van der Waals surface area (Å²) in [5.41, 5.74) is 1.92. The van der Waals surface area contributed by atoms with E-state index in [1.165, 1.54) is 18.4 Å². The van der Waals surface area contributed by atoms with Crippen molar-refractivity contribution in [1.82, 2.24) is 4.90 Å². The molecule has 2 aromatic rings. The molecule has 7 nitrogen and oxygen atoms in total. The molecule has 0 spiro atoms. The summed E-state index contributed by atoms with van der Waals surface area (Å²) < 4.78 is 4.94. The van der Waals surface area contributed by atoms with E-state index >= 15 is 0 Å². The van der Waals surface area contributed by atoms with E-state index < -0.39 is 29.7 Å². The number of amides is 3. The number of carbonyl (C=O) groups excluding carboxylic acids is 4. The molecule has 1 aliphatic heterocycles. The molecule has 0 saturated heterocycles. The molecular weight excluding hydrogens is 416 g/mol. The number of fused-ring (bicyclic) bond motifs is 2. The van der Waals surface area contributed by atoms with Crippen LogP contribution >= 0.6 is 11.3 Å². The minimum Gasteiger partial charge on any atom is -0.465 e. The molecule has 1 aromatic carbocycles. The van der Waals surface area contributed by atoms with Crippen LogP contribution in [0.25, 0.3) is 0 Å². The summed E-state index contributed by atoms with van der Waals surface area (Å²) in [5.74, 6) is -1.84. The maximum atomic E-state index is 13.4. The second kappa shape index (κ2) is 8.26. The highest BCUT2D eigenvalue weighted by atomic mass is 32.1. The minimum absolute atomic E-state index is 0.0634. The van der Waals surface area contributed by atoms with Crippen molar-refractivity contribution in [2.75, 3.05) is 12.4 Å². The number of nitrogens with one attached hydrogen (secondary N) is 1. The third-order valence-electron chi connectivity index (χ3n) is 5.68. The largest absolute Gasteiger partial charge is 0.465 e. The van der Waals surface area contributed by atoms with Crippen LogP contribution in [0.4, 0.5) is 5.00 Å². The third-order valence-corrected chi connectivity index (χ3v) is 6.89. The topological polar surface area (TPSA) is 92.8 Å². The Morgan fingerprint density at radius 1 is 1.13 bits per heavy atom. The highest BCUT2D eigenvalue weighted by Gasteiger charge is 2.43. The molecule has 1 aliphatic carbocycles. The van der Waals surface area contributed by atoms with Crippen molar-refractivity contribution in [3.05, 3.63) is 51.4 Å². The molecule has 1 aromatic heterocycles. The van der Waals surface area contributed by atoms with E-state index in [1.807, 2.05) is 13.8 Å². The standard InChI is InChI=1S/C23H24N2O5S/c1-12(2)11-16(25-21(27)13-7-4-5-8-14(13)22(25)28)19(26)24-20-18(23(29)30-3)15-9-6-10-17(15)31-20/h4-5,7-8,12,16H,6,9-11H2,1-3H3,(H,24,26)/t16-/m0/s1. The van der Waals surface area contributed by atoms with Crippen LogP contribution in [0.3, 0.4) is 0 Å². The van der Waals surface area contributed by atoms with Gasteiger partial charge in [-0.3, -0.25) is 19.3 Å². The Kier molecular flexibility index (Phi) is 5.66. The highest BCUT2D eigenvalue weighted by molar-refractivity contribution is 7.17. The van der Waals surface area contributed by atoms with Gasteiger partial charge in [-0.05, 0) is 49.3 Å². The van der Waals surface area contributed by atoms with E-state index in [9.17, 15) is 19.2 Å². The number of esters is 1. The average molecular weight is 441 g/mol. The van der Waals surface area contributed by atoms with E-state index in [0.717, 1.165) is 34.6 Å². The van der Waals surface area contributed by atoms with Crippen LogP contribution in [0.15, 0.2) is 24.3 Å². The fourth-order valence-corrected chi connectivity index (χ4v) is 5.55. The summed E-state index contributed by atoms with van der Waals surface area (Å²) in [6.45, 7) is 3.86. The average Bonchev–Trinajstić information content (AvgIpc) is 3.39. The zero-order valence-electron chi connectivity index (χ0n) is 17.7. The van der Waals surface area contributed by atoms with Crippen molar-refractivity contribution in [2.45, 2.75) is 45.6 Å². The van der Waals surface area contributed by atoms with E-state index in [2.05, 4.69) is 5.32 Å². The Bertz CT molecular complexity index is 1050. The quantitative estimate of drug-likeness (QED) is 0.546. The van der Waals surface area contributed by atoms with Crippen LogP contribution in [-0.4, -0.2) is 41.7 Å². The second-order valence-corrected chi connectivity index (χ2v) is 9.32. The summed E-state index contributed by atoms with van der Waals surface area (Å²) in [6, 6.07) is 5.61. The molecule has 1 N–H and O–H groups in total. The lowest BCUT2D eigenvalue weighted by atomic mass is 10.0. The number of nitrogens with zero attached hydrogens (tertiary/aromatic N) is 1. The summed E-state index contributed by atoms with van der Waals surface area (Å²) >= 11 is 1.37. The number of ether oxygens (including phenoxy) is 1. The summed E-state index contributed by atoms with van der Waals surface area (Å²) in [4.78, 5) is 53.8. The SMILES string of the molecule is COC(=O)c1c(NC(=O)[C@H](CC(C)C)N2C(=O)c3ccccc3C2=O)sc2c1CCC2. The lowest BCUT2D eigenvalue weighted by Gasteiger charge is -2.26. The van der Waals surface area contributed by atoms with Gasteiger partial charge in [0.15, 0.2) is 0 Å². The first-order valence-electron chi connectivity index (χ1n) is 10.3. The van der Waals surface area contributed by atoms with E-state index in [1.54, 1.807) is 24.3 Å². The molecule has 0 saturated carbocycles. The van der Waals surface area contributed by atoms with Crippen LogP contribution in [0.5, 0.6) is 0 Å². The maximum absolute atomic E-state index is 13.4. The molecule has 2 aliphatic rings. The minimum atomic E-state index is -0.977. The number of anilines is 1. The van der Waals surface area contributed by atoms with Gasteiger partial charge in [0.25, 0.3) is 11.8 Å². The van der Waals surface area contributed by atoms with Gasteiger partial charge in [-0.2, -0.15) is 0 Å². The van der Waals surface area contributed by atoms with Gasteiger partial charge >= 0.3 is 5.97 Å². The Labute approximate surface area is 184 Å². The number of aryl methyl sites for hydroxylation is 1. The van der Waals surface area contributed by atoms with Crippen molar-refractivity contribution in [2.24, 2.45) is 5.92 Å². The summed E-state index contributed by atoms with van der Waals surface area (Å²) in [5, 5.41) is 3.26. The Morgan fingerprint density at radius 2 is 1.77 bits per heavy atom. The molecule has 0 bridgehead atoms. The van der Waals surface area contributed by atoms with E-state index in [-0.39, 0.29) is 5.92 Å². The fourth-order valence-electron chi connectivity index (χ4n) is 4.27. The Balaban J connectivity index is 1.67. The van der Waals surface area contributed by atoms with Crippen LogP contribution in [0.1, 0.15) is 68.2 Å². The van der Waals surface area contributed by atoms with Crippen molar-refractivity contribution in [3.8, 4) is 0 Å². The molecule has 0 unspecified atom stereocenters. The van der Waals surface area contributed by atoms with Crippen LogP contribution in [-0.2, 0) is 22.4 Å². The van der Waals surface area contributed by atoms with E-state index in [0.29, 0.717) is 28.1 Å². The number of hydrogen-bond acceptors (Lipinski definition) is 6. The van der Waals surface area contributed by atoms with E-state index in [4.69, 9.17) is 4.74 Å². The van der Waals surface area contributed by atoms with Gasteiger partial charge in [-0.1, -0.05) is 26.0 Å². The number of imide groups is 1. The Hall–Kier alpha value is -3.00. The monoisotopic (exact) mass is 440 g/mol. The number of rotatable bonds is 6. The van der Waals surface area contributed by atoms with Gasteiger partial charge in [0.05, 0.1) is 23.8 Å². The third kappa shape index (κ3) is 3.65. The van der Waals surface area contributed by atoms with Crippen molar-refractivity contribution in [3.63, 3.8) is 0 Å². The number of methoxy groups -OCH3 is 1. The van der Waals surface area contributed by atoms with Gasteiger partial charge in [-0.15, -0.1) is 11.3 Å². The number of carbonyl (C=O) groups is 4. The van der Waals surface area contributed by atoms with Crippen molar-refractivity contribution >= 4 is 40.0 Å². The number of hydrogen-bond donors (Lipinski definition) is 1. The molecule has 1 atom stereocenters. The van der Waals surface area contributed by atoms with Gasteiger partial charge < -0.3 is 10.1 Å². The molecule has 0 radical (unpaired) electrons. The molecule has 31 heavy (non-hydrogen) atoms. The van der Waals surface area contributed by atoms with Gasteiger partial charge in [0.2, 0.25) is 5.91 Å². The summed E-state index contributed by atoms with van der Waals surface area (Å²) in [7, 11) is 1.31. The number of benzene rings is 1. The van der Waals surface area contributed by atoms with Crippen LogP contribution in [0, 0.1) is 5.92 Å². The predicted octanol–water partition coefficient (Wildman–Crippen LogP) is 3.67. The zero-order valence-corrected chi connectivity index (χ0v) is 18.5. The predicted molar refractivity (Wildman–Crippen MR) is 116 cm³/mol. The first-order chi connectivity index (χ1) is 14.8. The summed E-state index contributed by atoms with van der Waals surface area (Å²) in [6.07, 6.45) is 2.90. The highest BCUT2D eigenvalue weighted by Crippen LogP contribution is 2.40. The first-order valence-corrected chi connectivity index (χ1v) is 11.2. The smallest absolute Gasteiger partial charge is 0.341 e. The molecule has 162 valence electrons. The maximum Gasteiger partial charge on any atom is 0.341 e. The van der Waals surface area contributed by atoms with Crippen molar-refractivity contribution < 1.29 is 23.9 Å². The first kappa shape index (κ1) is 21.2. The molecule has 0 fully saturated rings. The normalized spacial score (nSPS) is 15.8. The molecule has 8 heteroatoms. The van der Waals surface area contributed by atoms with Crippen molar-refractivity contribution in [1.29, 1.82) is 0 Å². The van der Waals surface area contributed by atoms with Gasteiger partial charge in [0, 0.05) is 4.88 Å². The molecule has 2 heterocycles. The van der Waals surface area contributed by atoms with Crippen LogP contribution < -0.4 is 5.32 Å². The zero-order chi connectivity index (χ0) is 22.3. The molecular formula is C23H24N2O5S. The Morgan fingerprint density at radius 3 is 2.35 bits per heavy atom. The van der Waals surface area contributed by atoms with Gasteiger partial charge in [0.1, 0.15) is 11.0 Å². The lowest BCUT2D eigenvalue weighted by Crippen LogP contribution is -2.48. The lowest BCUT2D eigenvalue weighted by molar-refractivity contribution is -0.120. The van der Waals surface area contributed by atoms with Crippen LogP contribution in [0.2, 0.25) is 0 Å². The molecule has 4 rings (SSSR count).